The van der Waals surface area contributed by atoms with Crippen LogP contribution in [-0.4, -0.2) is 30.3 Å². The first-order valence-electron chi connectivity index (χ1n) is 5.63. The van der Waals surface area contributed by atoms with E-state index in [0.29, 0.717) is 30.3 Å². The van der Waals surface area contributed by atoms with Crippen molar-refractivity contribution in [3.05, 3.63) is 11.7 Å². The van der Waals surface area contributed by atoms with Crippen LogP contribution in [0.25, 0.3) is 0 Å². The summed E-state index contributed by atoms with van der Waals surface area (Å²) in [7, 11) is 3.57. The lowest BCUT2D eigenvalue weighted by Gasteiger charge is -2.15. The molecule has 0 radical (unpaired) electrons. The summed E-state index contributed by atoms with van der Waals surface area (Å²) < 4.78 is 10.1. The largest absolute Gasteiger partial charge is 0.377 e. The second-order valence-electron chi connectivity index (χ2n) is 4.36. The maximum absolute atomic E-state index is 5.15. The number of ether oxygens (including phenoxy) is 1. The highest BCUT2D eigenvalue weighted by Gasteiger charge is 2.14. The summed E-state index contributed by atoms with van der Waals surface area (Å²) in [5, 5.41) is 7.10. The Morgan fingerprint density at radius 2 is 2.19 bits per heavy atom. The number of aromatic nitrogens is 2. The molecule has 5 heteroatoms. The number of likely N-dealkylation sites (N-methyl/N-ethyl adjacent to an activating group) is 1. The van der Waals surface area contributed by atoms with E-state index in [2.05, 4.69) is 29.3 Å². The Morgan fingerprint density at radius 1 is 1.44 bits per heavy atom. The molecule has 1 atom stereocenters. The highest BCUT2D eigenvalue weighted by atomic mass is 16.5. The van der Waals surface area contributed by atoms with Gasteiger partial charge in [0.05, 0.1) is 0 Å². The van der Waals surface area contributed by atoms with E-state index >= 15 is 0 Å². The van der Waals surface area contributed by atoms with Crippen molar-refractivity contribution in [2.24, 2.45) is 5.92 Å². The highest BCUT2D eigenvalue weighted by Crippen LogP contribution is 2.09. The molecule has 0 amide bonds. The van der Waals surface area contributed by atoms with Crippen LogP contribution in [0.15, 0.2) is 4.52 Å². The molecule has 0 bridgehead atoms. The molecule has 1 aromatic heterocycles. The van der Waals surface area contributed by atoms with Gasteiger partial charge in [-0.3, -0.25) is 0 Å². The molecular formula is C11H21N3O2. The molecule has 0 aliphatic heterocycles. The Hall–Kier alpha value is -0.940. The number of rotatable bonds is 7. The molecule has 1 rings (SSSR count). The van der Waals surface area contributed by atoms with Gasteiger partial charge in [0.2, 0.25) is 5.89 Å². The third-order valence-electron chi connectivity index (χ3n) is 2.37. The summed E-state index contributed by atoms with van der Waals surface area (Å²) in [6.07, 6.45) is 1.86. The van der Waals surface area contributed by atoms with E-state index in [1.165, 1.54) is 0 Å². The lowest BCUT2D eigenvalue weighted by molar-refractivity contribution is 0.174. The molecule has 0 spiro atoms. The smallest absolute Gasteiger partial charge is 0.228 e. The van der Waals surface area contributed by atoms with Crippen LogP contribution >= 0.6 is 0 Å². The molecule has 0 aliphatic rings. The summed E-state index contributed by atoms with van der Waals surface area (Å²) in [6, 6.07) is 0.385. The van der Waals surface area contributed by atoms with Crippen molar-refractivity contribution >= 4 is 0 Å². The van der Waals surface area contributed by atoms with Crippen molar-refractivity contribution in [2.75, 3.05) is 14.2 Å². The molecule has 1 heterocycles. The van der Waals surface area contributed by atoms with Crippen molar-refractivity contribution < 1.29 is 9.26 Å². The van der Waals surface area contributed by atoms with Crippen LogP contribution in [0.2, 0.25) is 0 Å². The fourth-order valence-electron chi connectivity index (χ4n) is 1.64. The zero-order valence-corrected chi connectivity index (χ0v) is 10.5. The zero-order valence-electron chi connectivity index (χ0n) is 10.5. The van der Waals surface area contributed by atoms with Gasteiger partial charge in [0, 0.05) is 19.6 Å². The van der Waals surface area contributed by atoms with Crippen LogP contribution in [0.3, 0.4) is 0 Å². The molecular weight excluding hydrogens is 206 g/mol. The quantitative estimate of drug-likeness (QED) is 0.762. The van der Waals surface area contributed by atoms with Gasteiger partial charge in [0.25, 0.3) is 0 Å². The summed E-state index contributed by atoms with van der Waals surface area (Å²) in [5.41, 5.74) is 0. The number of hydrogen-bond donors (Lipinski definition) is 1. The Morgan fingerprint density at radius 3 is 2.75 bits per heavy atom. The predicted octanol–water partition coefficient (Wildman–Crippen LogP) is 1.39. The molecule has 92 valence electrons. The Balaban J connectivity index is 2.49. The number of hydrogen-bond acceptors (Lipinski definition) is 5. The standard InChI is InChI=1S/C11H21N3O2/c1-8(2)5-9(12-3)6-11-13-10(7-15-4)14-16-11/h8-9,12H,5-7H2,1-4H3. The first-order valence-corrected chi connectivity index (χ1v) is 5.63. The Kier molecular flexibility index (Phi) is 5.42. The number of nitrogens with one attached hydrogen (secondary N) is 1. The van der Waals surface area contributed by atoms with Crippen molar-refractivity contribution in [1.82, 2.24) is 15.5 Å². The van der Waals surface area contributed by atoms with Gasteiger partial charge in [0.1, 0.15) is 6.61 Å². The van der Waals surface area contributed by atoms with E-state index in [1.54, 1.807) is 7.11 Å². The SMILES string of the molecule is CNC(Cc1nc(COC)no1)CC(C)C. The van der Waals surface area contributed by atoms with Crippen LogP contribution < -0.4 is 5.32 Å². The van der Waals surface area contributed by atoms with Gasteiger partial charge >= 0.3 is 0 Å². The van der Waals surface area contributed by atoms with E-state index in [0.717, 1.165) is 12.8 Å². The topological polar surface area (TPSA) is 60.2 Å². The summed E-state index contributed by atoms with van der Waals surface area (Å²) in [5.74, 6) is 1.93. The maximum atomic E-state index is 5.15. The Labute approximate surface area is 96.6 Å². The molecule has 0 aromatic carbocycles. The van der Waals surface area contributed by atoms with Gasteiger partial charge in [-0.1, -0.05) is 19.0 Å². The molecule has 1 aromatic rings. The molecule has 0 saturated heterocycles. The third-order valence-corrected chi connectivity index (χ3v) is 2.37. The van der Waals surface area contributed by atoms with Crippen molar-refractivity contribution in [2.45, 2.75) is 39.3 Å². The monoisotopic (exact) mass is 227 g/mol. The van der Waals surface area contributed by atoms with Gasteiger partial charge < -0.3 is 14.6 Å². The minimum Gasteiger partial charge on any atom is -0.377 e. The average Bonchev–Trinajstić information content (AvgIpc) is 2.64. The van der Waals surface area contributed by atoms with E-state index in [9.17, 15) is 0 Å². The lowest BCUT2D eigenvalue weighted by atomic mass is 10.0. The second kappa shape index (κ2) is 6.60. The molecule has 5 nitrogen and oxygen atoms in total. The molecule has 0 saturated carbocycles. The van der Waals surface area contributed by atoms with Crippen molar-refractivity contribution in [3.63, 3.8) is 0 Å². The summed E-state index contributed by atoms with van der Waals surface area (Å²) in [4.78, 5) is 4.25. The molecule has 16 heavy (non-hydrogen) atoms. The van der Waals surface area contributed by atoms with E-state index in [1.807, 2.05) is 7.05 Å². The first-order chi connectivity index (χ1) is 7.65. The molecule has 1 N–H and O–H groups in total. The van der Waals surface area contributed by atoms with E-state index < -0.39 is 0 Å². The molecule has 0 aliphatic carbocycles. The predicted molar refractivity (Wildman–Crippen MR) is 61.0 cm³/mol. The summed E-state index contributed by atoms with van der Waals surface area (Å²) >= 11 is 0. The van der Waals surface area contributed by atoms with Crippen LogP contribution in [0.1, 0.15) is 32.0 Å². The minimum absolute atomic E-state index is 0.385. The Bertz CT molecular complexity index is 299. The maximum Gasteiger partial charge on any atom is 0.228 e. The number of nitrogens with zero attached hydrogens (tertiary/aromatic N) is 2. The van der Waals surface area contributed by atoms with Gasteiger partial charge in [0.15, 0.2) is 5.82 Å². The average molecular weight is 227 g/mol. The van der Waals surface area contributed by atoms with Crippen molar-refractivity contribution in [3.8, 4) is 0 Å². The van der Waals surface area contributed by atoms with Crippen LogP contribution in [0, 0.1) is 5.92 Å². The minimum atomic E-state index is 0.385. The van der Waals surface area contributed by atoms with Gasteiger partial charge in [-0.05, 0) is 19.4 Å². The summed E-state index contributed by atoms with van der Waals surface area (Å²) in [6.45, 7) is 4.81. The highest BCUT2D eigenvalue weighted by molar-refractivity contribution is 4.88. The van der Waals surface area contributed by atoms with Gasteiger partial charge in [-0.2, -0.15) is 4.98 Å². The molecule has 1 unspecified atom stereocenters. The van der Waals surface area contributed by atoms with E-state index in [-0.39, 0.29) is 0 Å². The van der Waals surface area contributed by atoms with E-state index in [4.69, 9.17) is 9.26 Å². The third kappa shape index (κ3) is 4.28. The van der Waals surface area contributed by atoms with Gasteiger partial charge in [-0.15, -0.1) is 0 Å². The first kappa shape index (κ1) is 13.1. The second-order valence-corrected chi connectivity index (χ2v) is 4.36. The normalized spacial score (nSPS) is 13.3. The fraction of sp³-hybridized carbons (Fsp3) is 0.818. The number of methoxy groups -OCH3 is 1. The zero-order chi connectivity index (χ0) is 12.0. The van der Waals surface area contributed by atoms with Gasteiger partial charge in [-0.25, -0.2) is 0 Å². The van der Waals surface area contributed by atoms with Crippen LogP contribution in [-0.2, 0) is 17.8 Å². The van der Waals surface area contributed by atoms with Crippen LogP contribution in [0.5, 0.6) is 0 Å². The molecule has 0 fully saturated rings. The van der Waals surface area contributed by atoms with Crippen LogP contribution in [0.4, 0.5) is 0 Å². The van der Waals surface area contributed by atoms with Crippen molar-refractivity contribution in [1.29, 1.82) is 0 Å². The lowest BCUT2D eigenvalue weighted by Crippen LogP contribution is -2.29. The fourth-order valence-corrected chi connectivity index (χ4v) is 1.64.